The molecule has 1 atom stereocenters. The molecule has 9 heteroatoms. The topological polar surface area (TPSA) is 108 Å². The molecule has 1 aliphatic rings. The van der Waals surface area contributed by atoms with Crippen LogP contribution in [0.5, 0.6) is 0 Å². The second-order valence-electron chi connectivity index (χ2n) is 9.91. The van der Waals surface area contributed by atoms with Crippen molar-refractivity contribution in [1.82, 2.24) is 30.2 Å². The molecule has 0 unspecified atom stereocenters. The molecule has 38 heavy (non-hydrogen) atoms. The van der Waals surface area contributed by atoms with Crippen LogP contribution in [0.3, 0.4) is 0 Å². The van der Waals surface area contributed by atoms with Crippen LogP contribution < -0.4 is 16.0 Å². The summed E-state index contributed by atoms with van der Waals surface area (Å²) in [6.45, 7) is 5.01. The normalized spacial score (nSPS) is 15.2. The molecule has 0 radical (unpaired) electrons. The van der Waals surface area contributed by atoms with E-state index in [0.29, 0.717) is 18.2 Å². The number of amides is 1. The zero-order valence-electron chi connectivity index (χ0n) is 22.1. The van der Waals surface area contributed by atoms with Crippen molar-refractivity contribution < 1.29 is 4.79 Å². The molecule has 1 amide bonds. The van der Waals surface area contributed by atoms with Gasteiger partial charge in [-0.15, -0.1) is 0 Å². The minimum Gasteiger partial charge on any atom is -0.369 e. The highest BCUT2D eigenvalue weighted by molar-refractivity contribution is 6.06. The van der Waals surface area contributed by atoms with Gasteiger partial charge < -0.3 is 20.9 Å². The third-order valence-electron chi connectivity index (χ3n) is 7.19. The van der Waals surface area contributed by atoms with Gasteiger partial charge in [0.25, 0.3) is 5.91 Å². The first kappa shape index (κ1) is 25.5. The number of benzene rings is 1. The van der Waals surface area contributed by atoms with E-state index in [1.54, 1.807) is 25.6 Å². The summed E-state index contributed by atoms with van der Waals surface area (Å²) in [6.07, 6.45) is 7.38. The van der Waals surface area contributed by atoms with Crippen molar-refractivity contribution in [2.45, 2.75) is 31.7 Å². The fraction of sp³-hybridized carbons (Fsp3) is 0.345. The zero-order chi connectivity index (χ0) is 26.5. The maximum atomic E-state index is 12.3. The van der Waals surface area contributed by atoms with E-state index in [0.717, 1.165) is 65.3 Å². The van der Waals surface area contributed by atoms with Gasteiger partial charge in [-0.2, -0.15) is 0 Å². The summed E-state index contributed by atoms with van der Waals surface area (Å²) in [7, 11) is 3.80. The highest BCUT2D eigenvalue weighted by Gasteiger charge is 2.17. The fourth-order valence-corrected chi connectivity index (χ4v) is 4.90. The van der Waals surface area contributed by atoms with E-state index in [1.807, 2.05) is 36.5 Å². The first-order chi connectivity index (χ1) is 18.5. The summed E-state index contributed by atoms with van der Waals surface area (Å²) in [4.78, 5) is 32.8. The van der Waals surface area contributed by atoms with Gasteiger partial charge in [-0.25, -0.2) is 15.0 Å². The average Bonchev–Trinajstić information content (AvgIpc) is 2.96. The number of fused-ring (bicyclic) bond motifs is 1. The summed E-state index contributed by atoms with van der Waals surface area (Å²) in [6, 6.07) is 14.2. The molecule has 1 saturated heterocycles. The number of anilines is 2. The predicted molar refractivity (Wildman–Crippen MR) is 151 cm³/mol. The zero-order valence-corrected chi connectivity index (χ0v) is 22.1. The van der Waals surface area contributed by atoms with Gasteiger partial charge in [-0.05, 0) is 56.7 Å². The molecule has 196 valence electrons. The number of carbonyl (C=O) groups is 1. The maximum absolute atomic E-state index is 12.3. The first-order valence-corrected chi connectivity index (χ1v) is 13.1. The van der Waals surface area contributed by atoms with Gasteiger partial charge in [-0.3, -0.25) is 9.78 Å². The Morgan fingerprint density at radius 2 is 1.89 bits per heavy atom. The van der Waals surface area contributed by atoms with Crippen LogP contribution >= 0.6 is 0 Å². The Balaban J connectivity index is 1.25. The van der Waals surface area contributed by atoms with Crippen LogP contribution in [0.25, 0.3) is 22.2 Å². The Labute approximate surface area is 223 Å². The van der Waals surface area contributed by atoms with Gasteiger partial charge in [0, 0.05) is 55.0 Å². The van der Waals surface area contributed by atoms with Gasteiger partial charge in [0.2, 0.25) is 0 Å². The van der Waals surface area contributed by atoms with Crippen LogP contribution in [0.1, 0.15) is 41.6 Å². The number of piperidine rings is 1. The largest absolute Gasteiger partial charge is 0.369 e. The number of aromatic nitrogens is 4. The summed E-state index contributed by atoms with van der Waals surface area (Å²) in [5.41, 5.74) is 4.30. The minimum atomic E-state index is -0.117. The molecular weight excluding hydrogens is 476 g/mol. The lowest BCUT2D eigenvalue weighted by molar-refractivity contribution is 0.0964. The molecular formula is C29H34N8O. The van der Waals surface area contributed by atoms with Crippen molar-refractivity contribution in [3.05, 3.63) is 72.3 Å². The van der Waals surface area contributed by atoms with E-state index >= 15 is 0 Å². The lowest BCUT2D eigenvalue weighted by Crippen LogP contribution is -2.36. The number of likely N-dealkylation sites (tertiary alicyclic amines) is 1. The Hall–Kier alpha value is -4.11. The van der Waals surface area contributed by atoms with Crippen LogP contribution in [-0.4, -0.2) is 70.5 Å². The smallest absolute Gasteiger partial charge is 0.251 e. The Kier molecular flexibility index (Phi) is 7.74. The first-order valence-electron chi connectivity index (χ1n) is 13.1. The molecule has 0 aliphatic carbocycles. The van der Waals surface area contributed by atoms with Crippen LogP contribution in [-0.2, 0) is 0 Å². The van der Waals surface area contributed by atoms with Crippen LogP contribution in [0, 0.1) is 0 Å². The number of pyridine rings is 2. The number of carbonyl (C=O) groups excluding carboxylic acids is 1. The number of nitrogens with one attached hydrogen (secondary N) is 3. The second-order valence-corrected chi connectivity index (χ2v) is 9.91. The van der Waals surface area contributed by atoms with Crippen molar-refractivity contribution in [3.63, 3.8) is 0 Å². The Morgan fingerprint density at radius 1 is 1.05 bits per heavy atom. The van der Waals surface area contributed by atoms with E-state index in [4.69, 9.17) is 0 Å². The Morgan fingerprint density at radius 3 is 2.66 bits per heavy atom. The molecule has 1 aromatic carbocycles. The molecule has 5 rings (SSSR count). The van der Waals surface area contributed by atoms with Crippen molar-refractivity contribution in [2.24, 2.45) is 0 Å². The van der Waals surface area contributed by atoms with Gasteiger partial charge in [0.05, 0.1) is 16.8 Å². The molecule has 3 aromatic heterocycles. The van der Waals surface area contributed by atoms with Crippen molar-refractivity contribution >= 4 is 28.4 Å². The molecule has 4 aromatic rings. The summed E-state index contributed by atoms with van der Waals surface area (Å²) < 4.78 is 0. The van der Waals surface area contributed by atoms with Crippen molar-refractivity contribution in [2.75, 3.05) is 44.4 Å². The van der Waals surface area contributed by atoms with Crippen LogP contribution in [0.4, 0.5) is 11.6 Å². The van der Waals surface area contributed by atoms with Gasteiger partial charge in [0.15, 0.2) is 0 Å². The highest BCUT2D eigenvalue weighted by atomic mass is 16.1. The van der Waals surface area contributed by atoms with E-state index in [1.165, 1.54) is 0 Å². The number of hydrogen-bond donors (Lipinski definition) is 3. The summed E-state index contributed by atoms with van der Waals surface area (Å²) in [5.74, 6) is 1.66. The lowest BCUT2D eigenvalue weighted by Gasteiger charge is -2.29. The maximum Gasteiger partial charge on any atom is 0.251 e. The third kappa shape index (κ3) is 5.73. The van der Waals surface area contributed by atoms with Crippen molar-refractivity contribution in [3.8, 4) is 11.3 Å². The van der Waals surface area contributed by atoms with Gasteiger partial charge in [0.1, 0.15) is 18.0 Å². The quantitative estimate of drug-likeness (QED) is 0.324. The predicted octanol–water partition coefficient (Wildman–Crippen LogP) is 4.17. The summed E-state index contributed by atoms with van der Waals surface area (Å²) in [5, 5.41) is 10.6. The monoisotopic (exact) mass is 510 g/mol. The lowest BCUT2D eigenvalue weighted by atomic mass is 9.96. The van der Waals surface area contributed by atoms with E-state index in [-0.39, 0.29) is 11.8 Å². The molecule has 1 aliphatic heterocycles. The van der Waals surface area contributed by atoms with Gasteiger partial charge >= 0.3 is 0 Å². The molecule has 0 bridgehead atoms. The second kappa shape index (κ2) is 11.5. The Bertz CT molecular complexity index is 1400. The SMILES string of the molecule is CNC(=O)c1ccnc2c([C@H](C)CNc3cc(-c4ccc(NC5CCN(C)CC5)nc4)ncn3)cccc12. The molecule has 0 spiro atoms. The van der Waals surface area contributed by atoms with Crippen molar-refractivity contribution in [1.29, 1.82) is 0 Å². The van der Waals surface area contributed by atoms with Crippen LogP contribution in [0.2, 0.25) is 0 Å². The number of nitrogens with zero attached hydrogens (tertiary/aromatic N) is 5. The van der Waals surface area contributed by atoms with E-state index < -0.39 is 0 Å². The van der Waals surface area contributed by atoms with E-state index in [2.05, 4.69) is 60.8 Å². The molecule has 4 heterocycles. The molecule has 0 saturated carbocycles. The van der Waals surface area contributed by atoms with Gasteiger partial charge in [-0.1, -0.05) is 25.1 Å². The summed E-state index contributed by atoms with van der Waals surface area (Å²) >= 11 is 0. The third-order valence-corrected chi connectivity index (χ3v) is 7.19. The molecule has 1 fully saturated rings. The molecule has 9 nitrogen and oxygen atoms in total. The fourth-order valence-electron chi connectivity index (χ4n) is 4.90. The highest BCUT2D eigenvalue weighted by Crippen LogP contribution is 2.27. The number of hydrogen-bond acceptors (Lipinski definition) is 8. The number of rotatable bonds is 8. The van der Waals surface area contributed by atoms with E-state index in [9.17, 15) is 4.79 Å². The number of para-hydroxylation sites is 1. The van der Waals surface area contributed by atoms with Crippen LogP contribution in [0.15, 0.2) is 61.2 Å². The molecule has 3 N–H and O–H groups in total. The standard InChI is InChI=1S/C29H34N8O/c1-19(22-5-4-6-23-24(29(38)30-2)9-12-31-28(22)23)16-32-27-15-25(34-18-35-27)20-7-8-26(33-17-20)36-21-10-13-37(3)14-11-21/h4-9,12,15,17-19,21H,10-11,13-14,16H2,1-3H3,(H,30,38)(H,33,36)(H,32,34,35)/t19-/m1/s1. The average molecular weight is 511 g/mol. The minimum absolute atomic E-state index is 0.117.